The molecule has 0 aromatic carbocycles. The summed E-state index contributed by atoms with van der Waals surface area (Å²) in [5, 5.41) is 0. The third kappa shape index (κ3) is 12.7. The van der Waals surface area contributed by atoms with Crippen molar-refractivity contribution in [2.75, 3.05) is 35.4 Å². The van der Waals surface area contributed by atoms with Gasteiger partial charge in [-0.1, -0.05) is 181 Å². The summed E-state index contributed by atoms with van der Waals surface area (Å²) in [6.07, 6.45) is 8.80. The standard InChI is InChI=1S/C28H56I8O8Si8/c29-9-1-17-45-25-46(18-2-10-30)38-49(21-5-13-33)26-47(37-45,19-3-11-31)43-50(22-6-14-34)27-48(41-45,20-4-12-32)39-51(42-46,23-7-15-35)28-52(40-50,44-49)24-8-16-36/h1-28H2. The van der Waals surface area contributed by atoms with E-state index in [2.05, 4.69) is 181 Å². The topological polar surface area (TPSA) is 73.8 Å². The van der Waals surface area contributed by atoms with Crippen molar-refractivity contribution < 1.29 is 32.9 Å². The van der Waals surface area contributed by atoms with Crippen molar-refractivity contribution >= 4 is 249 Å². The van der Waals surface area contributed by atoms with E-state index in [9.17, 15) is 0 Å². The van der Waals surface area contributed by atoms with Crippen LogP contribution in [0.5, 0.6) is 0 Å². The lowest BCUT2D eigenvalue weighted by molar-refractivity contribution is 0.163. The van der Waals surface area contributed by atoms with E-state index in [-0.39, 0.29) is 0 Å². The summed E-state index contributed by atoms with van der Waals surface area (Å²) in [5.74, 6) is 0. The van der Waals surface area contributed by atoms with Gasteiger partial charge in [0.1, 0.15) is 0 Å². The second-order valence-corrected chi connectivity index (χ2v) is 54.5. The van der Waals surface area contributed by atoms with Gasteiger partial charge in [-0.15, -0.1) is 0 Å². The zero-order valence-electron chi connectivity index (χ0n) is 30.1. The van der Waals surface area contributed by atoms with Crippen LogP contribution in [0.4, 0.5) is 0 Å². The van der Waals surface area contributed by atoms with Crippen molar-refractivity contribution in [3.63, 3.8) is 0 Å². The van der Waals surface area contributed by atoms with Gasteiger partial charge in [-0.3, -0.25) is 0 Å². The lowest BCUT2D eigenvalue weighted by atomic mass is 10.6. The Kier molecular flexibility index (Phi) is 22.2. The zero-order valence-corrected chi connectivity index (χ0v) is 55.3. The van der Waals surface area contributed by atoms with Crippen molar-refractivity contribution in [2.24, 2.45) is 0 Å². The van der Waals surface area contributed by atoms with Crippen LogP contribution in [0.1, 0.15) is 51.4 Å². The Hall–Kier alpha value is 7.26. The molecule has 0 atom stereocenters. The molecule has 0 saturated carbocycles. The first kappa shape index (κ1) is 50.3. The van der Waals surface area contributed by atoms with Gasteiger partial charge in [0.15, 0.2) is 0 Å². The first-order valence-electron chi connectivity index (χ1n) is 19.1. The smallest absolute Gasteiger partial charge is 0.322 e. The largest absolute Gasteiger partial charge is 0.415 e. The fraction of sp³-hybridized carbons (Fsp3) is 1.00. The van der Waals surface area contributed by atoms with Gasteiger partial charge in [0, 0.05) is 22.7 Å². The second kappa shape index (κ2) is 22.9. The molecular formula is C28H56I8O8Si8. The number of halogens is 8. The van der Waals surface area contributed by atoms with E-state index >= 15 is 0 Å². The number of rotatable bonds is 24. The molecule has 6 heterocycles. The van der Waals surface area contributed by atoms with Crippen molar-refractivity contribution in [1.29, 1.82) is 0 Å². The average molecular weight is 1760 g/mol. The monoisotopic (exact) mass is 1760 g/mol. The maximum absolute atomic E-state index is 8.31. The zero-order chi connectivity index (χ0) is 37.5. The van der Waals surface area contributed by atoms with Crippen LogP contribution in [0.15, 0.2) is 0 Å². The normalized spacial score (nSPS) is 41.1. The molecule has 0 unspecified atom stereocenters. The quantitative estimate of drug-likeness (QED) is 0.0538. The highest BCUT2D eigenvalue weighted by Gasteiger charge is 2.78. The van der Waals surface area contributed by atoms with E-state index in [0.29, 0.717) is 0 Å². The Bertz CT molecular complexity index is 829. The Morgan fingerprint density at radius 1 is 0.231 bits per heavy atom. The Balaban J connectivity index is 1.88. The van der Waals surface area contributed by atoms with E-state index in [0.717, 1.165) is 158 Å². The van der Waals surface area contributed by atoms with Crippen LogP contribution >= 0.6 is 181 Å². The number of hydrogen-bond donors (Lipinski definition) is 0. The maximum Gasteiger partial charge on any atom is 0.322 e. The molecule has 0 amide bonds. The third-order valence-electron chi connectivity index (χ3n) is 10.7. The first-order valence-corrected chi connectivity index (χ1v) is 49.1. The summed E-state index contributed by atoms with van der Waals surface area (Å²) in [5.41, 5.74) is 3.57. The van der Waals surface area contributed by atoms with Crippen molar-refractivity contribution in [1.82, 2.24) is 0 Å². The average Bonchev–Trinajstić information content (AvgIpc) is 3.08. The molecule has 6 saturated heterocycles. The maximum atomic E-state index is 8.31. The summed E-state index contributed by atoms with van der Waals surface area (Å²) >= 11 is 20.6. The lowest BCUT2D eigenvalue weighted by Crippen LogP contribution is -2.85. The molecule has 0 radical (unpaired) electrons. The van der Waals surface area contributed by atoms with Crippen LogP contribution in [0.25, 0.3) is 0 Å². The summed E-state index contributed by atoms with van der Waals surface area (Å²) in [6, 6.07) is 7.96. The summed E-state index contributed by atoms with van der Waals surface area (Å²) < 4.78 is 75.1. The molecule has 0 N–H and O–H groups in total. The van der Waals surface area contributed by atoms with Gasteiger partial charge >= 0.3 is 68.5 Å². The van der Waals surface area contributed by atoms with Crippen LogP contribution in [-0.4, -0.2) is 104 Å². The molecule has 6 fully saturated rings. The van der Waals surface area contributed by atoms with Crippen molar-refractivity contribution in [3.05, 3.63) is 0 Å². The summed E-state index contributed by atoms with van der Waals surface area (Å²) in [4.78, 5) is 0. The molecule has 52 heavy (non-hydrogen) atoms. The molecule has 6 rings (SSSR count). The van der Waals surface area contributed by atoms with E-state index in [1.54, 1.807) is 0 Å². The van der Waals surface area contributed by atoms with Gasteiger partial charge < -0.3 is 32.9 Å². The minimum absolute atomic E-state index is 0.894. The van der Waals surface area contributed by atoms with Crippen LogP contribution in [-0.2, 0) is 32.9 Å². The van der Waals surface area contributed by atoms with E-state index in [1.165, 1.54) is 0 Å². The van der Waals surface area contributed by atoms with E-state index < -0.39 is 68.5 Å². The highest BCUT2D eigenvalue weighted by molar-refractivity contribution is 14.1. The third-order valence-corrected chi connectivity index (χ3v) is 66.7. The van der Waals surface area contributed by atoms with Gasteiger partial charge in [0.25, 0.3) is 0 Å². The van der Waals surface area contributed by atoms with Gasteiger partial charge in [0.2, 0.25) is 0 Å². The molecule has 0 aliphatic carbocycles. The Labute approximate surface area is 432 Å². The molecule has 0 aromatic rings. The Morgan fingerprint density at radius 3 is 0.442 bits per heavy atom. The summed E-state index contributed by atoms with van der Waals surface area (Å²) in [7, 11) is -23.5. The van der Waals surface area contributed by atoms with Crippen LogP contribution < -0.4 is 0 Å². The first-order chi connectivity index (χ1) is 25.0. The molecule has 8 nitrogen and oxygen atoms in total. The molecule has 304 valence electrons. The van der Waals surface area contributed by atoms with Gasteiger partial charge in [-0.2, -0.15) is 0 Å². The Morgan fingerprint density at radius 2 is 0.346 bits per heavy atom. The minimum atomic E-state index is -2.94. The van der Waals surface area contributed by atoms with Gasteiger partial charge in [-0.25, -0.2) is 0 Å². The van der Waals surface area contributed by atoms with E-state index in [1.807, 2.05) is 0 Å². The number of alkyl halides is 8. The molecule has 0 aromatic heterocycles. The van der Waals surface area contributed by atoms with Crippen molar-refractivity contribution in [2.45, 2.75) is 122 Å². The predicted octanol–water partition coefficient (Wildman–Crippen LogP) is 12.5. The molecule has 6 aliphatic heterocycles. The highest BCUT2D eigenvalue weighted by atomic mass is 127. The summed E-state index contributed by atoms with van der Waals surface area (Å²) in [6.45, 7) is 0. The van der Waals surface area contributed by atoms with Gasteiger partial charge in [-0.05, 0) is 135 Å². The SMILES string of the molecule is ICCC[Si]12C[Si]3(CCCI)O[Si]4(CCCI)C[Si]5(CCCI)O[Si](CCCI)(C[Si](CCCI)(O1)O4)O[Si](CCCI)(C[Si](CCCI)(O3)O5)O2. The van der Waals surface area contributed by atoms with Crippen molar-refractivity contribution in [3.8, 4) is 0 Å². The molecule has 8 bridgehead atoms. The highest BCUT2D eigenvalue weighted by Crippen LogP contribution is 2.58. The fourth-order valence-corrected chi connectivity index (χ4v) is 90.2. The van der Waals surface area contributed by atoms with Crippen LogP contribution in [0.3, 0.4) is 0 Å². The van der Waals surface area contributed by atoms with Crippen LogP contribution in [0, 0.1) is 0 Å². The molecule has 0 spiro atoms. The van der Waals surface area contributed by atoms with Gasteiger partial charge in [0.05, 0.1) is 0 Å². The number of hydrogen-bond acceptors (Lipinski definition) is 8. The fourth-order valence-electron chi connectivity index (χ4n) is 9.31. The molecule has 6 aliphatic rings. The molecule has 24 heteroatoms. The second-order valence-electron chi connectivity index (χ2n) is 15.1. The predicted molar refractivity (Wildman–Crippen MR) is 300 cm³/mol. The lowest BCUT2D eigenvalue weighted by Gasteiger charge is -2.66. The minimum Gasteiger partial charge on any atom is -0.415 e. The van der Waals surface area contributed by atoms with Crippen LogP contribution in [0.2, 0.25) is 71.0 Å². The molecular weight excluding hydrogens is 1700 g/mol. The van der Waals surface area contributed by atoms with E-state index in [4.69, 9.17) is 32.9 Å².